The molecule has 0 heterocycles. The Morgan fingerprint density at radius 2 is 0.833 bits per heavy atom. The van der Waals surface area contributed by atoms with E-state index < -0.39 is 0 Å². The van der Waals surface area contributed by atoms with E-state index in [0.29, 0.717) is 5.92 Å². The highest BCUT2D eigenvalue weighted by Crippen LogP contribution is 2.40. The van der Waals surface area contributed by atoms with Crippen molar-refractivity contribution in [2.45, 2.75) is 53.9 Å². The first-order valence-corrected chi connectivity index (χ1v) is 19.2. The van der Waals surface area contributed by atoms with Crippen LogP contribution < -0.4 is 9.80 Å². The first-order chi connectivity index (χ1) is 26.3. The van der Waals surface area contributed by atoms with E-state index in [1.807, 2.05) is 0 Å². The molecule has 0 bridgehead atoms. The van der Waals surface area contributed by atoms with Crippen LogP contribution in [0.25, 0.3) is 23.3 Å². The van der Waals surface area contributed by atoms with Gasteiger partial charge in [-0.05, 0) is 140 Å². The van der Waals surface area contributed by atoms with Crippen molar-refractivity contribution >= 4 is 46.3 Å². The molecule has 268 valence electrons. The molecule has 0 N–H and O–H groups in total. The number of rotatable bonds is 11. The van der Waals surface area contributed by atoms with Crippen molar-refractivity contribution in [3.8, 4) is 11.1 Å². The highest BCUT2D eigenvalue weighted by Gasteiger charge is 2.17. The molecule has 7 aromatic carbocycles. The van der Waals surface area contributed by atoms with Gasteiger partial charge in [0.15, 0.2) is 0 Å². The zero-order valence-corrected chi connectivity index (χ0v) is 32.4. The SMILES string of the molecule is CCC(C)c1ccc(C=Cc2ccc(N(c3ccc(-c4ccc(N(c5ccccc5)c5ccc(C)cc5C)cc4)cc3)c3ccc(C)cc3C)cc2)cc1. The maximum Gasteiger partial charge on any atom is 0.0490 e. The second kappa shape index (κ2) is 16.3. The highest BCUT2D eigenvalue weighted by atomic mass is 15.1. The van der Waals surface area contributed by atoms with Gasteiger partial charge in [0.2, 0.25) is 0 Å². The molecule has 2 nitrogen and oxygen atoms in total. The van der Waals surface area contributed by atoms with Crippen LogP contribution in [0, 0.1) is 27.7 Å². The van der Waals surface area contributed by atoms with E-state index in [1.165, 1.54) is 61.4 Å². The quantitative estimate of drug-likeness (QED) is 0.124. The van der Waals surface area contributed by atoms with E-state index in [1.54, 1.807) is 0 Å². The highest BCUT2D eigenvalue weighted by molar-refractivity contribution is 5.83. The van der Waals surface area contributed by atoms with Gasteiger partial charge >= 0.3 is 0 Å². The van der Waals surface area contributed by atoms with Crippen LogP contribution in [0.2, 0.25) is 0 Å². The maximum absolute atomic E-state index is 2.37. The van der Waals surface area contributed by atoms with Gasteiger partial charge < -0.3 is 9.80 Å². The summed E-state index contributed by atoms with van der Waals surface area (Å²) in [5.74, 6) is 0.587. The fraction of sp³-hybridized carbons (Fsp3) is 0.154. The molecule has 0 radical (unpaired) electrons. The van der Waals surface area contributed by atoms with Crippen LogP contribution in [-0.4, -0.2) is 0 Å². The lowest BCUT2D eigenvalue weighted by Gasteiger charge is -2.28. The van der Waals surface area contributed by atoms with Gasteiger partial charge in [0.1, 0.15) is 0 Å². The zero-order chi connectivity index (χ0) is 37.6. The molecule has 0 aromatic heterocycles. The molecule has 0 spiro atoms. The summed E-state index contributed by atoms with van der Waals surface area (Å²) in [7, 11) is 0. The number of anilines is 6. The Kier molecular flexibility index (Phi) is 10.9. The van der Waals surface area contributed by atoms with E-state index in [4.69, 9.17) is 0 Å². The van der Waals surface area contributed by atoms with Gasteiger partial charge in [-0.15, -0.1) is 0 Å². The summed E-state index contributed by atoms with van der Waals surface area (Å²) in [6, 6.07) is 59.7. The van der Waals surface area contributed by atoms with Crippen LogP contribution in [0.4, 0.5) is 34.1 Å². The second-order valence-electron chi connectivity index (χ2n) is 14.6. The molecule has 0 saturated heterocycles. The molecule has 7 aromatic rings. The van der Waals surface area contributed by atoms with Crippen LogP contribution in [-0.2, 0) is 0 Å². The summed E-state index contributed by atoms with van der Waals surface area (Å²) in [6.07, 6.45) is 5.55. The first-order valence-electron chi connectivity index (χ1n) is 19.2. The Bertz CT molecular complexity index is 2330. The molecule has 1 atom stereocenters. The van der Waals surface area contributed by atoms with E-state index >= 15 is 0 Å². The predicted molar refractivity (Wildman–Crippen MR) is 234 cm³/mol. The summed E-state index contributed by atoms with van der Waals surface area (Å²) in [5.41, 5.74) is 18.1. The lowest BCUT2D eigenvalue weighted by atomic mass is 9.97. The van der Waals surface area contributed by atoms with E-state index in [9.17, 15) is 0 Å². The molecule has 0 fully saturated rings. The summed E-state index contributed by atoms with van der Waals surface area (Å²) in [5, 5.41) is 0. The van der Waals surface area contributed by atoms with Gasteiger partial charge in [0.25, 0.3) is 0 Å². The minimum Gasteiger partial charge on any atom is -0.310 e. The van der Waals surface area contributed by atoms with E-state index in [-0.39, 0.29) is 0 Å². The first kappa shape index (κ1) is 36.2. The number of nitrogens with zero attached hydrogens (tertiary/aromatic N) is 2. The molecule has 0 aliphatic carbocycles. The van der Waals surface area contributed by atoms with Crippen LogP contribution in [0.5, 0.6) is 0 Å². The number of aryl methyl sites for hydroxylation is 4. The van der Waals surface area contributed by atoms with Gasteiger partial charge in [-0.2, -0.15) is 0 Å². The predicted octanol–water partition coefficient (Wildman–Crippen LogP) is 15.2. The summed E-state index contributed by atoms with van der Waals surface area (Å²) in [4.78, 5) is 4.71. The van der Waals surface area contributed by atoms with Crippen molar-refractivity contribution in [2.75, 3.05) is 9.80 Å². The van der Waals surface area contributed by atoms with Crippen molar-refractivity contribution in [1.29, 1.82) is 0 Å². The Morgan fingerprint density at radius 3 is 1.24 bits per heavy atom. The molecule has 54 heavy (non-hydrogen) atoms. The Labute approximate surface area is 322 Å². The molecule has 0 saturated carbocycles. The number of hydrogen-bond acceptors (Lipinski definition) is 2. The summed E-state index contributed by atoms with van der Waals surface area (Å²) >= 11 is 0. The normalized spacial score (nSPS) is 11.8. The van der Waals surface area contributed by atoms with Gasteiger partial charge in [0, 0.05) is 34.1 Å². The average molecular weight is 703 g/mol. The minimum absolute atomic E-state index is 0.587. The Morgan fingerprint density at radius 1 is 0.444 bits per heavy atom. The van der Waals surface area contributed by atoms with Crippen molar-refractivity contribution in [3.05, 3.63) is 203 Å². The molecule has 2 heteroatoms. The van der Waals surface area contributed by atoms with Crippen molar-refractivity contribution in [3.63, 3.8) is 0 Å². The van der Waals surface area contributed by atoms with Crippen molar-refractivity contribution in [2.24, 2.45) is 0 Å². The van der Waals surface area contributed by atoms with Crippen molar-refractivity contribution in [1.82, 2.24) is 0 Å². The summed E-state index contributed by atoms with van der Waals surface area (Å²) in [6.45, 7) is 13.2. The standard InChI is InChI=1S/C52H50N2/c1-7-39(4)44-21-17-42(18-22-44)15-16-43-19-27-48(28-20-43)54(52-34-14-38(3)36-41(52)6)50-31-25-46(26-32-50)45-23-29-49(30-24-45)53(47-11-9-8-10-12-47)51-33-13-37(2)35-40(51)5/h8-36,39H,7H2,1-6H3. The fourth-order valence-electron chi connectivity index (χ4n) is 7.25. The van der Waals surface area contributed by atoms with Crippen LogP contribution in [0.1, 0.15) is 65.1 Å². The average Bonchev–Trinajstić information content (AvgIpc) is 3.20. The van der Waals surface area contributed by atoms with Crippen molar-refractivity contribution < 1.29 is 0 Å². The molecule has 0 amide bonds. The molecule has 7 rings (SSSR count). The molecular weight excluding hydrogens is 653 g/mol. The third kappa shape index (κ3) is 8.09. The Balaban J connectivity index is 1.16. The van der Waals surface area contributed by atoms with Crippen LogP contribution >= 0.6 is 0 Å². The number of benzene rings is 7. The lowest BCUT2D eigenvalue weighted by molar-refractivity contribution is 0.733. The smallest absolute Gasteiger partial charge is 0.0490 e. The zero-order valence-electron chi connectivity index (χ0n) is 32.4. The minimum atomic E-state index is 0.587. The van der Waals surface area contributed by atoms with Gasteiger partial charge in [-0.3, -0.25) is 0 Å². The Hall–Kier alpha value is -6.12. The third-order valence-corrected chi connectivity index (χ3v) is 10.5. The van der Waals surface area contributed by atoms with Gasteiger partial charge in [-0.1, -0.05) is 140 Å². The fourth-order valence-corrected chi connectivity index (χ4v) is 7.25. The molecule has 0 aliphatic heterocycles. The molecule has 1 unspecified atom stereocenters. The largest absolute Gasteiger partial charge is 0.310 e. The van der Waals surface area contributed by atoms with Crippen LogP contribution in [0.3, 0.4) is 0 Å². The van der Waals surface area contributed by atoms with E-state index in [0.717, 1.165) is 29.2 Å². The van der Waals surface area contributed by atoms with Gasteiger partial charge in [-0.25, -0.2) is 0 Å². The summed E-state index contributed by atoms with van der Waals surface area (Å²) < 4.78 is 0. The molecule has 0 aliphatic rings. The monoisotopic (exact) mass is 702 g/mol. The van der Waals surface area contributed by atoms with E-state index in [2.05, 4.69) is 227 Å². The van der Waals surface area contributed by atoms with Gasteiger partial charge in [0.05, 0.1) is 0 Å². The molecular formula is C52H50N2. The lowest BCUT2D eigenvalue weighted by Crippen LogP contribution is -2.11. The maximum atomic E-state index is 2.37. The second-order valence-corrected chi connectivity index (χ2v) is 14.6. The number of hydrogen-bond donors (Lipinski definition) is 0. The topological polar surface area (TPSA) is 6.48 Å². The van der Waals surface area contributed by atoms with Crippen LogP contribution in [0.15, 0.2) is 164 Å². The number of para-hydroxylation sites is 1. The third-order valence-electron chi connectivity index (χ3n) is 10.5.